The smallest absolute Gasteiger partial charge is 0.0593 e. The SMILES string of the molecule is Cl.Clc1ccccc1C1CNCCN1CCOCC1CC1. The van der Waals surface area contributed by atoms with Crippen LogP contribution in [0.1, 0.15) is 24.4 Å². The van der Waals surface area contributed by atoms with Crippen LogP contribution in [0.15, 0.2) is 24.3 Å². The number of hydrogen-bond acceptors (Lipinski definition) is 3. The topological polar surface area (TPSA) is 24.5 Å². The van der Waals surface area contributed by atoms with Gasteiger partial charge in [0.15, 0.2) is 0 Å². The molecule has 3 nitrogen and oxygen atoms in total. The number of nitrogens with one attached hydrogen (secondary N) is 1. The molecular formula is C16H24Cl2N2O. The second-order valence-corrected chi connectivity index (χ2v) is 6.20. The van der Waals surface area contributed by atoms with Crippen LogP contribution in [0.3, 0.4) is 0 Å². The van der Waals surface area contributed by atoms with E-state index in [0.29, 0.717) is 6.04 Å². The van der Waals surface area contributed by atoms with Crippen LogP contribution < -0.4 is 5.32 Å². The van der Waals surface area contributed by atoms with E-state index in [1.54, 1.807) is 0 Å². The molecule has 1 saturated heterocycles. The van der Waals surface area contributed by atoms with Gasteiger partial charge in [-0.3, -0.25) is 4.90 Å². The van der Waals surface area contributed by atoms with E-state index in [1.165, 1.54) is 18.4 Å². The zero-order valence-electron chi connectivity index (χ0n) is 12.3. The Kier molecular flexibility index (Phi) is 6.77. The lowest BCUT2D eigenvalue weighted by Gasteiger charge is -2.36. The van der Waals surface area contributed by atoms with Crippen molar-refractivity contribution in [3.05, 3.63) is 34.9 Å². The maximum Gasteiger partial charge on any atom is 0.0593 e. The first-order chi connectivity index (χ1) is 9.84. The van der Waals surface area contributed by atoms with Gasteiger partial charge in [0, 0.05) is 43.9 Å². The highest BCUT2D eigenvalue weighted by Gasteiger charge is 2.25. The molecule has 5 heteroatoms. The minimum Gasteiger partial charge on any atom is -0.380 e. The lowest BCUT2D eigenvalue weighted by atomic mass is 10.0. The first kappa shape index (κ1) is 17.0. The van der Waals surface area contributed by atoms with E-state index >= 15 is 0 Å². The molecule has 1 atom stereocenters. The van der Waals surface area contributed by atoms with Crippen LogP contribution in [0.2, 0.25) is 5.02 Å². The molecule has 1 unspecified atom stereocenters. The summed E-state index contributed by atoms with van der Waals surface area (Å²) in [6, 6.07) is 8.54. The molecule has 3 rings (SSSR count). The van der Waals surface area contributed by atoms with Crippen LogP contribution in [0, 0.1) is 5.92 Å². The average Bonchev–Trinajstić information content (AvgIpc) is 3.29. The molecule has 2 fully saturated rings. The number of ether oxygens (including phenoxy) is 1. The van der Waals surface area contributed by atoms with Gasteiger partial charge in [0.25, 0.3) is 0 Å². The van der Waals surface area contributed by atoms with Gasteiger partial charge in [0.2, 0.25) is 0 Å². The molecule has 0 radical (unpaired) electrons. The summed E-state index contributed by atoms with van der Waals surface area (Å²) >= 11 is 6.35. The Balaban J connectivity index is 0.00000161. The number of rotatable bonds is 6. The first-order valence-electron chi connectivity index (χ1n) is 7.61. The van der Waals surface area contributed by atoms with Crippen molar-refractivity contribution < 1.29 is 4.74 Å². The molecular weight excluding hydrogens is 307 g/mol. The summed E-state index contributed by atoms with van der Waals surface area (Å²) < 4.78 is 5.78. The minimum atomic E-state index is 0. The van der Waals surface area contributed by atoms with E-state index < -0.39 is 0 Å². The van der Waals surface area contributed by atoms with Crippen molar-refractivity contribution in [3.8, 4) is 0 Å². The maximum atomic E-state index is 6.35. The molecule has 0 amide bonds. The summed E-state index contributed by atoms with van der Waals surface area (Å²) in [5.41, 5.74) is 1.23. The first-order valence-corrected chi connectivity index (χ1v) is 7.99. The fourth-order valence-corrected chi connectivity index (χ4v) is 3.04. The van der Waals surface area contributed by atoms with Gasteiger partial charge < -0.3 is 10.1 Å². The molecule has 1 aliphatic carbocycles. The van der Waals surface area contributed by atoms with Crippen molar-refractivity contribution in [2.75, 3.05) is 39.4 Å². The predicted octanol–water partition coefficient (Wildman–Crippen LogP) is 3.13. The van der Waals surface area contributed by atoms with E-state index in [9.17, 15) is 0 Å². The fourth-order valence-electron chi connectivity index (χ4n) is 2.78. The standard InChI is InChI=1S/C16H23ClN2O.ClH/c17-15-4-2-1-3-14(15)16-11-18-7-8-19(16)9-10-20-12-13-5-6-13;/h1-4,13,16,18H,5-12H2;1H. The zero-order valence-corrected chi connectivity index (χ0v) is 13.8. The summed E-state index contributed by atoms with van der Waals surface area (Å²) in [4.78, 5) is 2.49. The predicted molar refractivity (Wildman–Crippen MR) is 89.4 cm³/mol. The van der Waals surface area contributed by atoms with Crippen molar-refractivity contribution in [1.29, 1.82) is 0 Å². The van der Waals surface area contributed by atoms with Gasteiger partial charge in [-0.2, -0.15) is 0 Å². The second-order valence-electron chi connectivity index (χ2n) is 5.80. The van der Waals surface area contributed by atoms with E-state index in [4.69, 9.17) is 16.3 Å². The fraction of sp³-hybridized carbons (Fsp3) is 0.625. The summed E-state index contributed by atoms with van der Waals surface area (Å²) in [5, 5.41) is 4.33. The molecule has 118 valence electrons. The highest BCUT2D eigenvalue weighted by Crippen LogP contribution is 2.29. The lowest BCUT2D eigenvalue weighted by Crippen LogP contribution is -2.47. The number of hydrogen-bond donors (Lipinski definition) is 1. The zero-order chi connectivity index (χ0) is 13.8. The molecule has 0 aromatic heterocycles. The van der Waals surface area contributed by atoms with E-state index in [-0.39, 0.29) is 12.4 Å². The molecule has 1 aromatic rings. The van der Waals surface area contributed by atoms with Gasteiger partial charge >= 0.3 is 0 Å². The molecule has 2 aliphatic rings. The summed E-state index contributed by atoms with van der Waals surface area (Å²) in [6.45, 7) is 5.84. The Hall–Kier alpha value is -0.320. The van der Waals surface area contributed by atoms with Crippen molar-refractivity contribution in [2.45, 2.75) is 18.9 Å². The van der Waals surface area contributed by atoms with Crippen LogP contribution in [0.5, 0.6) is 0 Å². The summed E-state index contributed by atoms with van der Waals surface area (Å²) in [7, 11) is 0. The van der Waals surface area contributed by atoms with Crippen molar-refractivity contribution in [3.63, 3.8) is 0 Å². The second kappa shape index (κ2) is 8.35. The van der Waals surface area contributed by atoms with Gasteiger partial charge in [0.05, 0.1) is 6.61 Å². The lowest BCUT2D eigenvalue weighted by molar-refractivity contribution is 0.0716. The Morgan fingerprint density at radius 3 is 2.86 bits per heavy atom. The molecule has 1 heterocycles. The van der Waals surface area contributed by atoms with Crippen LogP contribution in [-0.4, -0.2) is 44.3 Å². The number of nitrogens with zero attached hydrogens (tertiary/aromatic N) is 1. The Bertz CT molecular complexity index is 440. The Morgan fingerprint density at radius 2 is 2.10 bits per heavy atom. The highest BCUT2D eigenvalue weighted by molar-refractivity contribution is 6.31. The monoisotopic (exact) mass is 330 g/mol. The average molecular weight is 331 g/mol. The molecule has 1 aliphatic heterocycles. The number of piperazine rings is 1. The van der Waals surface area contributed by atoms with Crippen LogP contribution in [0.25, 0.3) is 0 Å². The van der Waals surface area contributed by atoms with Crippen molar-refractivity contribution in [2.24, 2.45) is 5.92 Å². The van der Waals surface area contributed by atoms with Crippen molar-refractivity contribution >= 4 is 24.0 Å². The molecule has 1 aromatic carbocycles. The molecule has 1 N–H and O–H groups in total. The largest absolute Gasteiger partial charge is 0.380 e. The van der Waals surface area contributed by atoms with Gasteiger partial charge in [-0.05, 0) is 30.4 Å². The van der Waals surface area contributed by atoms with E-state index in [2.05, 4.69) is 22.3 Å². The van der Waals surface area contributed by atoms with E-state index in [1.807, 2.05) is 12.1 Å². The van der Waals surface area contributed by atoms with Crippen LogP contribution in [-0.2, 0) is 4.74 Å². The van der Waals surface area contributed by atoms with Crippen LogP contribution >= 0.6 is 24.0 Å². The third-order valence-corrected chi connectivity index (χ3v) is 4.54. The summed E-state index contributed by atoms with van der Waals surface area (Å²) in [6.07, 6.45) is 2.71. The third-order valence-electron chi connectivity index (χ3n) is 4.19. The highest BCUT2D eigenvalue weighted by atomic mass is 35.5. The van der Waals surface area contributed by atoms with Gasteiger partial charge in [0.1, 0.15) is 0 Å². The normalized spacial score (nSPS) is 22.8. The quantitative estimate of drug-likeness (QED) is 0.811. The maximum absolute atomic E-state index is 6.35. The van der Waals surface area contributed by atoms with Gasteiger partial charge in [-0.25, -0.2) is 0 Å². The molecule has 21 heavy (non-hydrogen) atoms. The van der Waals surface area contributed by atoms with E-state index in [0.717, 1.165) is 50.3 Å². The molecule has 0 spiro atoms. The Labute approximate surface area is 138 Å². The van der Waals surface area contributed by atoms with Gasteiger partial charge in [-0.1, -0.05) is 29.8 Å². The molecule has 1 saturated carbocycles. The minimum absolute atomic E-state index is 0. The summed E-state index contributed by atoms with van der Waals surface area (Å²) in [5.74, 6) is 0.845. The van der Waals surface area contributed by atoms with Crippen LogP contribution in [0.4, 0.5) is 0 Å². The third kappa shape index (κ3) is 4.83. The number of halogens is 2. The number of benzene rings is 1. The van der Waals surface area contributed by atoms with Crippen molar-refractivity contribution in [1.82, 2.24) is 10.2 Å². The molecule has 0 bridgehead atoms. The Morgan fingerprint density at radius 1 is 1.29 bits per heavy atom. The van der Waals surface area contributed by atoms with Gasteiger partial charge in [-0.15, -0.1) is 12.4 Å².